The number of unbranched alkanes of at least 4 members (excludes halogenated alkanes) is 1. The van der Waals surface area contributed by atoms with Crippen molar-refractivity contribution in [3.8, 4) is 11.5 Å². The maximum atomic E-state index is 12.7. The first kappa shape index (κ1) is 21.1. The topological polar surface area (TPSA) is 71.6 Å². The molecule has 0 spiro atoms. The molecule has 3 N–H and O–H groups in total. The van der Waals surface area contributed by atoms with Crippen molar-refractivity contribution in [2.45, 2.75) is 51.7 Å². The molecule has 29 heavy (non-hydrogen) atoms. The van der Waals surface area contributed by atoms with Gasteiger partial charge in [0.1, 0.15) is 17.5 Å². The Morgan fingerprint density at radius 1 is 1.03 bits per heavy atom. The van der Waals surface area contributed by atoms with Crippen LogP contribution in [0, 0.1) is 0 Å². The highest BCUT2D eigenvalue weighted by molar-refractivity contribution is 5.82. The molecule has 0 aliphatic carbocycles. The third kappa shape index (κ3) is 5.71. The van der Waals surface area contributed by atoms with Crippen molar-refractivity contribution in [3.05, 3.63) is 59.7 Å². The Bertz CT molecular complexity index is 796. The standard InChI is InChI=1S/C23H31N3O3/c1-3-5-14-29-22-13-9-7-11-18(22)19-15-20(26-25-19)23(27)24-16-17-10-6-8-12-21(17)28-4-2/h6-13,19-20,25-26H,3-5,14-16H2,1-2H3,(H,24,27). The Labute approximate surface area is 173 Å². The molecule has 1 amide bonds. The number of para-hydroxylation sites is 2. The molecule has 0 aromatic heterocycles. The summed E-state index contributed by atoms with van der Waals surface area (Å²) in [6, 6.07) is 15.5. The van der Waals surface area contributed by atoms with Crippen molar-refractivity contribution in [2.75, 3.05) is 13.2 Å². The van der Waals surface area contributed by atoms with E-state index in [2.05, 4.69) is 29.2 Å². The van der Waals surface area contributed by atoms with Gasteiger partial charge in [0.2, 0.25) is 5.91 Å². The fourth-order valence-corrected chi connectivity index (χ4v) is 3.41. The molecule has 1 aliphatic rings. The lowest BCUT2D eigenvalue weighted by atomic mass is 10.0. The highest BCUT2D eigenvalue weighted by Gasteiger charge is 2.31. The van der Waals surface area contributed by atoms with Gasteiger partial charge >= 0.3 is 0 Å². The average Bonchev–Trinajstić information content (AvgIpc) is 3.24. The number of hydrogen-bond acceptors (Lipinski definition) is 5. The quantitative estimate of drug-likeness (QED) is 0.536. The number of benzene rings is 2. The van der Waals surface area contributed by atoms with Gasteiger partial charge in [-0.05, 0) is 31.9 Å². The van der Waals surface area contributed by atoms with Crippen LogP contribution in [0.3, 0.4) is 0 Å². The molecule has 2 aromatic rings. The number of nitrogens with one attached hydrogen (secondary N) is 3. The minimum atomic E-state index is -0.303. The molecule has 1 heterocycles. The van der Waals surface area contributed by atoms with Crippen molar-refractivity contribution in [2.24, 2.45) is 0 Å². The van der Waals surface area contributed by atoms with Gasteiger partial charge in [0.15, 0.2) is 0 Å². The minimum absolute atomic E-state index is 0.0271. The molecule has 0 bridgehead atoms. The number of rotatable bonds is 10. The summed E-state index contributed by atoms with van der Waals surface area (Å²) in [5, 5.41) is 3.02. The smallest absolute Gasteiger partial charge is 0.238 e. The fraction of sp³-hybridized carbons (Fsp3) is 0.435. The van der Waals surface area contributed by atoms with Gasteiger partial charge < -0.3 is 14.8 Å². The number of amides is 1. The monoisotopic (exact) mass is 397 g/mol. The van der Waals surface area contributed by atoms with Crippen molar-refractivity contribution in [1.82, 2.24) is 16.2 Å². The molecule has 2 atom stereocenters. The van der Waals surface area contributed by atoms with Crippen LogP contribution in [0.25, 0.3) is 0 Å². The molecule has 2 unspecified atom stereocenters. The first-order valence-electron chi connectivity index (χ1n) is 10.4. The zero-order valence-corrected chi connectivity index (χ0v) is 17.2. The van der Waals surface area contributed by atoms with E-state index in [-0.39, 0.29) is 18.0 Å². The predicted octanol–water partition coefficient (Wildman–Crippen LogP) is 3.49. The predicted molar refractivity (Wildman–Crippen MR) is 114 cm³/mol. The minimum Gasteiger partial charge on any atom is -0.494 e. The maximum absolute atomic E-state index is 12.7. The van der Waals surface area contributed by atoms with E-state index in [0.29, 0.717) is 26.2 Å². The molecule has 1 fully saturated rings. The molecule has 1 aliphatic heterocycles. The molecular weight excluding hydrogens is 366 g/mol. The summed E-state index contributed by atoms with van der Waals surface area (Å²) in [4.78, 5) is 12.7. The SMILES string of the molecule is CCCCOc1ccccc1C1CC(C(=O)NCc2ccccc2OCC)NN1. The number of hydrazine groups is 1. The van der Waals surface area contributed by atoms with E-state index in [1.807, 2.05) is 49.4 Å². The van der Waals surface area contributed by atoms with Gasteiger partial charge in [-0.3, -0.25) is 4.79 Å². The van der Waals surface area contributed by atoms with Crippen LogP contribution >= 0.6 is 0 Å². The van der Waals surface area contributed by atoms with E-state index in [0.717, 1.165) is 35.5 Å². The van der Waals surface area contributed by atoms with Crippen molar-refractivity contribution >= 4 is 5.91 Å². The second-order valence-corrected chi connectivity index (χ2v) is 7.13. The molecule has 3 rings (SSSR count). The highest BCUT2D eigenvalue weighted by atomic mass is 16.5. The zero-order valence-electron chi connectivity index (χ0n) is 17.2. The molecule has 156 valence electrons. The summed E-state index contributed by atoms with van der Waals surface area (Å²) in [7, 11) is 0. The number of ether oxygens (including phenoxy) is 2. The van der Waals surface area contributed by atoms with Crippen LogP contribution in [0.1, 0.15) is 50.3 Å². The first-order valence-corrected chi connectivity index (χ1v) is 10.4. The molecule has 6 heteroatoms. The van der Waals surface area contributed by atoms with Gasteiger partial charge in [-0.25, -0.2) is 10.9 Å². The van der Waals surface area contributed by atoms with Gasteiger partial charge in [-0.2, -0.15) is 0 Å². The van der Waals surface area contributed by atoms with Gasteiger partial charge in [-0.1, -0.05) is 49.7 Å². The summed E-state index contributed by atoms with van der Waals surface area (Å²) in [5.74, 6) is 1.66. The Morgan fingerprint density at radius 3 is 2.59 bits per heavy atom. The lowest BCUT2D eigenvalue weighted by Crippen LogP contribution is -2.42. The summed E-state index contributed by atoms with van der Waals surface area (Å²) < 4.78 is 11.6. The van der Waals surface area contributed by atoms with Crippen LogP contribution in [-0.4, -0.2) is 25.2 Å². The average molecular weight is 398 g/mol. The van der Waals surface area contributed by atoms with Crippen molar-refractivity contribution in [1.29, 1.82) is 0 Å². The second kappa shape index (κ2) is 10.8. The zero-order chi connectivity index (χ0) is 20.5. The third-order valence-electron chi connectivity index (χ3n) is 5.00. The van der Waals surface area contributed by atoms with Gasteiger partial charge in [0.25, 0.3) is 0 Å². The molecular formula is C23H31N3O3. The van der Waals surface area contributed by atoms with Crippen LogP contribution < -0.4 is 25.6 Å². The summed E-state index contributed by atoms with van der Waals surface area (Å²) in [6.45, 7) is 5.84. The summed E-state index contributed by atoms with van der Waals surface area (Å²) >= 11 is 0. The number of carbonyl (C=O) groups is 1. The highest BCUT2D eigenvalue weighted by Crippen LogP contribution is 2.30. The Balaban J connectivity index is 1.56. The molecule has 2 aromatic carbocycles. The van der Waals surface area contributed by atoms with E-state index < -0.39 is 0 Å². The first-order chi connectivity index (χ1) is 14.2. The molecule has 6 nitrogen and oxygen atoms in total. The number of carbonyl (C=O) groups excluding carboxylic acids is 1. The largest absolute Gasteiger partial charge is 0.494 e. The van der Waals surface area contributed by atoms with E-state index in [1.165, 1.54) is 0 Å². The Morgan fingerprint density at radius 2 is 1.79 bits per heavy atom. The van der Waals surface area contributed by atoms with Crippen molar-refractivity contribution < 1.29 is 14.3 Å². The van der Waals surface area contributed by atoms with E-state index in [1.54, 1.807) is 0 Å². The third-order valence-corrected chi connectivity index (χ3v) is 5.00. The number of hydrogen-bond donors (Lipinski definition) is 3. The van der Waals surface area contributed by atoms with Crippen LogP contribution in [0.5, 0.6) is 11.5 Å². The maximum Gasteiger partial charge on any atom is 0.238 e. The van der Waals surface area contributed by atoms with Crippen LogP contribution in [-0.2, 0) is 11.3 Å². The van der Waals surface area contributed by atoms with Gasteiger partial charge in [-0.15, -0.1) is 0 Å². The van der Waals surface area contributed by atoms with Crippen LogP contribution in [0.2, 0.25) is 0 Å². The second-order valence-electron chi connectivity index (χ2n) is 7.13. The van der Waals surface area contributed by atoms with E-state index >= 15 is 0 Å². The van der Waals surface area contributed by atoms with Crippen LogP contribution in [0.15, 0.2) is 48.5 Å². The molecule has 1 saturated heterocycles. The lowest BCUT2D eigenvalue weighted by molar-refractivity contribution is -0.123. The fourth-order valence-electron chi connectivity index (χ4n) is 3.41. The van der Waals surface area contributed by atoms with Crippen LogP contribution in [0.4, 0.5) is 0 Å². The van der Waals surface area contributed by atoms with E-state index in [9.17, 15) is 4.79 Å². The van der Waals surface area contributed by atoms with Gasteiger partial charge in [0.05, 0.1) is 19.3 Å². The molecule has 0 saturated carbocycles. The van der Waals surface area contributed by atoms with Crippen molar-refractivity contribution in [3.63, 3.8) is 0 Å². The molecule has 0 radical (unpaired) electrons. The summed E-state index contributed by atoms with van der Waals surface area (Å²) in [5.41, 5.74) is 8.42. The summed E-state index contributed by atoms with van der Waals surface area (Å²) in [6.07, 6.45) is 2.78. The van der Waals surface area contributed by atoms with E-state index in [4.69, 9.17) is 9.47 Å². The lowest BCUT2D eigenvalue weighted by Gasteiger charge is -2.16. The van der Waals surface area contributed by atoms with Gasteiger partial charge in [0, 0.05) is 17.7 Å². The normalized spacial score (nSPS) is 18.4. The Kier molecular flexibility index (Phi) is 7.90. The Hall–Kier alpha value is -2.57.